The fourth-order valence-corrected chi connectivity index (χ4v) is 1.57. The lowest BCUT2D eigenvalue weighted by Gasteiger charge is -2.11. The van der Waals surface area contributed by atoms with Crippen LogP contribution in [-0.2, 0) is 0 Å². The molecule has 2 aromatic rings. The van der Waals surface area contributed by atoms with Gasteiger partial charge in [0.25, 0.3) is 0 Å². The minimum Gasteiger partial charge on any atom is -0.396 e. The largest absolute Gasteiger partial charge is 0.396 e. The van der Waals surface area contributed by atoms with Crippen LogP contribution in [0.3, 0.4) is 0 Å². The van der Waals surface area contributed by atoms with Crippen molar-refractivity contribution in [3.05, 3.63) is 53.1 Å². The molecule has 17 heavy (non-hydrogen) atoms. The van der Waals surface area contributed by atoms with Gasteiger partial charge in [-0.15, -0.1) is 0 Å². The van der Waals surface area contributed by atoms with Gasteiger partial charge in [0.2, 0.25) is 0 Å². The number of nitrogen functional groups attached to an aromatic ring is 1. The Morgan fingerprint density at radius 2 is 1.65 bits per heavy atom. The van der Waals surface area contributed by atoms with E-state index in [9.17, 15) is 8.78 Å². The fraction of sp³-hybridized carbons (Fsp3) is 0. The number of hydrogen-bond acceptors (Lipinski definition) is 2. The summed E-state index contributed by atoms with van der Waals surface area (Å²) in [6.45, 7) is 0. The number of benzene rings is 2. The average molecular weight is 255 g/mol. The maximum absolute atomic E-state index is 13.4. The SMILES string of the molecule is Nc1c(Cl)cccc1Nc1cccc(F)c1F. The Balaban J connectivity index is 2.38. The van der Waals surface area contributed by atoms with Crippen LogP contribution in [0.2, 0.25) is 5.02 Å². The summed E-state index contributed by atoms with van der Waals surface area (Å²) in [5.74, 6) is -1.87. The topological polar surface area (TPSA) is 38.0 Å². The van der Waals surface area contributed by atoms with Crippen molar-refractivity contribution >= 4 is 28.7 Å². The Kier molecular flexibility index (Phi) is 3.15. The third-order valence-electron chi connectivity index (χ3n) is 2.27. The second-order valence-corrected chi connectivity index (χ2v) is 3.83. The standard InChI is InChI=1S/C12H9ClF2N2/c13-7-3-1-6-10(12(7)16)17-9-5-2-4-8(14)11(9)15/h1-6,17H,16H2. The van der Waals surface area contributed by atoms with Crippen LogP contribution in [0.5, 0.6) is 0 Å². The smallest absolute Gasteiger partial charge is 0.182 e. The Bertz CT molecular complexity index is 509. The van der Waals surface area contributed by atoms with E-state index in [1.165, 1.54) is 12.1 Å². The van der Waals surface area contributed by atoms with Gasteiger partial charge in [0, 0.05) is 0 Å². The number of anilines is 3. The molecule has 0 amide bonds. The van der Waals surface area contributed by atoms with Crippen molar-refractivity contribution in [3.63, 3.8) is 0 Å². The monoisotopic (exact) mass is 254 g/mol. The molecule has 3 N–H and O–H groups in total. The van der Waals surface area contributed by atoms with Crippen molar-refractivity contribution in [2.45, 2.75) is 0 Å². The fourth-order valence-electron chi connectivity index (χ4n) is 1.39. The number of halogens is 3. The molecule has 2 rings (SSSR count). The average Bonchev–Trinajstić information content (AvgIpc) is 2.31. The van der Waals surface area contributed by atoms with Crippen LogP contribution in [0.4, 0.5) is 25.8 Å². The molecule has 0 unspecified atom stereocenters. The van der Waals surface area contributed by atoms with Crippen molar-refractivity contribution in [1.82, 2.24) is 0 Å². The maximum Gasteiger partial charge on any atom is 0.182 e. The maximum atomic E-state index is 13.4. The van der Waals surface area contributed by atoms with Crippen molar-refractivity contribution < 1.29 is 8.78 Å². The van der Waals surface area contributed by atoms with Crippen LogP contribution < -0.4 is 11.1 Å². The normalized spacial score (nSPS) is 10.3. The van der Waals surface area contributed by atoms with Crippen molar-refractivity contribution in [3.8, 4) is 0 Å². The van der Waals surface area contributed by atoms with Crippen molar-refractivity contribution in [2.24, 2.45) is 0 Å². The number of para-hydroxylation sites is 1. The van der Waals surface area contributed by atoms with Gasteiger partial charge in [0.15, 0.2) is 11.6 Å². The zero-order chi connectivity index (χ0) is 12.4. The van der Waals surface area contributed by atoms with Gasteiger partial charge in [-0.25, -0.2) is 8.78 Å². The molecule has 0 aliphatic heterocycles. The van der Waals surface area contributed by atoms with E-state index in [-0.39, 0.29) is 11.4 Å². The van der Waals surface area contributed by atoms with Crippen LogP contribution in [0.15, 0.2) is 36.4 Å². The van der Waals surface area contributed by atoms with Crippen LogP contribution >= 0.6 is 11.6 Å². The second kappa shape index (κ2) is 4.59. The van der Waals surface area contributed by atoms with Gasteiger partial charge in [-0.05, 0) is 24.3 Å². The van der Waals surface area contributed by atoms with Crippen LogP contribution in [-0.4, -0.2) is 0 Å². The van der Waals surface area contributed by atoms with Gasteiger partial charge in [-0.3, -0.25) is 0 Å². The highest BCUT2D eigenvalue weighted by atomic mass is 35.5. The van der Waals surface area contributed by atoms with E-state index in [2.05, 4.69) is 5.32 Å². The molecule has 0 atom stereocenters. The Labute approximate surface area is 102 Å². The molecule has 0 heterocycles. The molecule has 2 aromatic carbocycles. The highest BCUT2D eigenvalue weighted by Crippen LogP contribution is 2.30. The summed E-state index contributed by atoms with van der Waals surface area (Å²) >= 11 is 5.82. The first-order chi connectivity index (χ1) is 8.09. The first-order valence-corrected chi connectivity index (χ1v) is 5.22. The molecule has 0 fully saturated rings. The van der Waals surface area contributed by atoms with Crippen molar-refractivity contribution in [1.29, 1.82) is 0 Å². The Morgan fingerprint density at radius 1 is 1.00 bits per heavy atom. The first kappa shape index (κ1) is 11.7. The minimum atomic E-state index is -0.952. The predicted octanol–water partition coefficient (Wildman–Crippen LogP) is 3.94. The lowest BCUT2D eigenvalue weighted by atomic mass is 10.2. The summed E-state index contributed by atoms with van der Waals surface area (Å²) in [5, 5.41) is 3.05. The summed E-state index contributed by atoms with van der Waals surface area (Å²) < 4.78 is 26.4. The van der Waals surface area contributed by atoms with E-state index in [0.29, 0.717) is 10.7 Å². The molecule has 0 radical (unpaired) electrons. The van der Waals surface area contributed by atoms with Gasteiger partial charge in [-0.2, -0.15) is 0 Å². The molecule has 88 valence electrons. The minimum absolute atomic E-state index is 0.0129. The summed E-state index contributed by atoms with van der Waals surface area (Å²) in [4.78, 5) is 0. The molecular weight excluding hydrogens is 246 g/mol. The summed E-state index contributed by atoms with van der Waals surface area (Å²) in [7, 11) is 0. The second-order valence-electron chi connectivity index (χ2n) is 3.43. The molecule has 5 heteroatoms. The lowest BCUT2D eigenvalue weighted by molar-refractivity contribution is 0.512. The van der Waals surface area contributed by atoms with Gasteiger partial charge in [0.05, 0.1) is 22.1 Å². The Morgan fingerprint density at radius 3 is 2.41 bits per heavy atom. The summed E-state index contributed by atoms with van der Waals surface area (Å²) in [5.41, 5.74) is 6.44. The number of nitrogens with one attached hydrogen (secondary N) is 1. The quantitative estimate of drug-likeness (QED) is 0.797. The van der Waals surface area contributed by atoms with Gasteiger partial charge >= 0.3 is 0 Å². The van der Waals surface area contributed by atoms with Crippen LogP contribution in [0.25, 0.3) is 0 Å². The van der Waals surface area contributed by atoms with E-state index >= 15 is 0 Å². The first-order valence-electron chi connectivity index (χ1n) is 4.84. The van der Waals surface area contributed by atoms with Gasteiger partial charge in [0.1, 0.15) is 0 Å². The summed E-state index contributed by atoms with van der Waals surface area (Å²) in [6.07, 6.45) is 0. The molecule has 0 saturated heterocycles. The highest BCUT2D eigenvalue weighted by molar-refractivity contribution is 6.33. The summed E-state index contributed by atoms with van der Waals surface area (Å²) in [6, 6.07) is 8.77. The molecule has 0 aliphatic carbocycles. The third kappa shape index (κ3) is 2.31. The molecule has 0 saturated carbocycles. The van der Waals surface area contributed by atoms with E-state index in [1.807, 2.05) is 0 Å². The van der Waals surface area contributed by atoms with Gasteiger partial charge < -0.3 is 11.1 Å². The third-order valence-corrected chi connectivity index (χ3v) is 2.60. The zero-order valence-corrected chi connectivity index (χ0v) is 9.43. The number of hydrogen-bond donors (Lipinski definition) is 2. The number of nitrogens with two attached hydrogens (primary N) is 1. The lowest BCUT2D eigenvalue weighted by Crippen LogP contribution is -1.99. The van der Waals surface area contributed by atoms with E-state index < -0.39 is 11.6 Å². The molecule has 0 bridgehead atoms. The molecule has 0 aromatic heterocycles. The zero-order valence-electron chi connectivity index (χ0n) is 8.68. The highest BCUT2D eigenvalue weighted by Gasteiger charge is 2.09. The molecule has 2 nitrogen and oxygen atoms in total. The van der Waals surface area contributed by atoms with Gasteiger partial charge in [-0.1, -0.05) is 23.7 Å². The van der Waals surface area contributed by atoms with Crippen molar-refractivity contribution in [2.75, 3.05) is 11.1 Å². The molecule has 0 spiro atoms. The predicted molar refractivity (Wildman–Crippen MR) is 65.5 cm³/mol. The molecule has 0 aliphatic rings. The van der Waals surface area contributed by atoms with E-state index in [0.717, 1.165) is 6.07 Å². The Hall–Kier alpha value is -1.81. The van der Waals surface area contributed by atoms with E-state index in [1.54, 1.807) is 18.2 Å². The van der Waals surface area contributed by atoms with Crippen LogP contribution in [0.1, 0.15) is 0 Å². The van der Waals surface area contributed by atoms with Crippen LogP contribution in [0, 0.1) is 11.6 Å². The molecular formula is C12H9ClF2N2. The van der Waals surface area contributed by atoms with E-state index in [4.69, 9.17) is 17.3 Å². The number of rotatable bonds is 2.